The summed E-state index contributed by atoms with van der Waals surface area (Å²) < 4.78 is 0. The SMILES string of the molecule is O=C(CCN1C(=O)C2CC=CCC2C1=O)NCCc1ccc(Cl)cc1Cl. The fourth-order valence-electron chi connectivity index (χ4n) is 3.45. The maximum Gasteiger partial charge on any atom is 0.233 e. The van der Waals surface area contributed by atoms with E-state index in [1.54, 1.807) is 12.1 Å². The van der Waals surface area contributed by atoms with E-state index in [9.17, 15) is 14.4 Å². The molecule has 2 unspecified atom stereocenters. The zero-order valence-corrected chi connectivity index (χ0v) is 15.7. The van der Waals surface area contributed by atoms with Crippen molar-refractivity contribution in [2.45, 2.75) is 25.7 Å². The first-order chi connectivity index (χ1) is 12.5. The molecule has 1 heterocycles. The number of rotatable bonds is 6. The van der Waals surface area contributed by atoms with Gasteiger partial charge >= 0.3 is 0 Å². The summed E-state index contributed by atoms with van der Waals surface area (Å²) in [5, 5.41) is 3.93. The van der Waals surface area contributed by atoms with Gasteiger partial charge in [-0.15, -0.1) is 0 Å². The number of nitrogens with one attached hydrogen (secondary N) is 1. The van der Waals surface area contributed by atoms with Crippen molar-refractivity contribution in [3.8, 4) is 0 Å². The van der Waals surface area contributed by atoms with Crippen LogP contribution in [0.3, 0.4) is 0 Å². The first-order valence-corrected chi connectivity index (χ1v) is 9.44. The number of allylic oxidation sites excluding steroid dienone is 2. The lowest BCUT2D eigenvalue weighted by atomic mass is 9.85. The first kappa shape index (κ1) is 18.9. The molecule has 7 heteroatoms. The minimum Gasteiger partial charge on any atom is -0.356 e. The summed E-state index contributed by atoms with van der Waals surface area (Å²) in [6.07, 6.45) is 5.81. The molecule has 1 fully saturated rings. The molecule has 1 aromatic rings. The lowest BCUT2D eigenvalue weighted by molar-refractivity contribution is -0.140. The van der Waals surface area contributed by atoms with Gasteiger partial charge < -0.3 is 5.32 Å². The van der Waals surface area contributed by atoms with Crippen molar-refractivity contribution in [1.82, 2.24) is 10.2 Å². The van der Waals surface area contributed by atoms with Crippen LogP contribution in [-0.2, 0) is 20.8 Å². The number of nitrogens with zero attached hydrogens (tertiary/aromatic N) is 1. The predicted octanol–water partition coefficient (Wildman–Crippen LogP) is 2.99. The van der Waals surface area contributed by atoms with E-state index in [0.717, 1.165) is 5.56 Å². The molecule has 0 aromatic heterocycles. The van der Waals surface area contributed by atoms with Crippen molar-refractivity contribution in [3.05, 3.63) is 46.0 Å². The summed E-state index contributed by atoms with van der Waals surface area (Å²) in [6.45, 7) is 0.565. The quantitative estimate of drug-likeness (QED) is 0.595. The molecular weight excluding hydrogens is 375 g/mol. The molecule has 0 saturated carbocycles. The number of carbonyl (C=O) groups excluding carboxylic acids is 3. The van der Waals surface area contributed by atoms with Gasteiger partial charge in [0.25, 0.3) is 0 Å². The number of halogens is 2. The summed E-state index contributed by atoms with van der Waals surface area (Å²) in [5.41, 5.74) is 0.901. The van der Waals surface area contributed by atoms with Crippen LogP contribution in [0.4, 0.5) is 0 Å². The Morgan fingerprint density at radius 2 is 1.77 bits per heavy atom. The van der Waals surface area contributed by atoms with Gasteiger partial charge in [-0.1, -0.05) is 41.4 Å². The summed E-state index contributed by atoms with van der Waals surface area (Å²) in [4.78, 5) is 38.0. The highest BCUT2D eigenvalue weighted by atomic mass is 35.5. The molecule has 2 aliphatic rings. The monoisotopic (exact) mass is 394 g/mol. The van der Waals surface area contributed by atoms with Crippen LogP contribution in [0, 0.1) is 11.8 Å². The van der Waals surface area contributed by atoms with E-state index in [4.69, 9.17) is 23.2 Å². The number of benzene rings is 1. The molecular formula is C19H20Cl2N2O3. The van der Waals surface area contributed by atoms with Gasteiger partial charge in [0, 0.05) is 29.6 Å². The van der Waals surface area contributed by atoms with Crippen LogP contribution < -0.4 is 5.32 Å². The maximum atomic E-state index is 12.3. The van der Waals surface area contributed by atoms with Gasteiger partial charge in [-0.2, -0.15) is 0 Å². The number of amides is 3. The molecule has 1 N–H and O–H groups in total. The molecule has 1 aliphatic heterocycles. The lowest BCUT2D eigenvalue weighted by Gasteiger charge is -2.14. The number of likely N-dealkylation sites (tertiary alicyclic amines) is 1. The third kappa shape index (κ3) is 4.10. The minimum absolute atomic E-state index is 0.110. The van der Waals surface area contributed by atoms with E-state index in [0.29, 0.717) is 35.9 Å². The highest BCUT2D eigenvalue weighted by Gasteiger charge is 2.46. The molecule has 1 aliphatic carbocycles. The van der Waals surface area contributed by atoms with Gasteiger partial charge in [0.1, 0.15) is 0 Å². The molecule has 0 spiro atoms. The van der Waals surface area contributed by atoms with Gasteiger partial charge in [0.05, 0.1) is 11.8 Å². The second-order valence-corrected chi connectivity index (χ2v) is 7.41. The van der Waals surface area contributed by atoms with Crippen LogP contribution in [0.25, 0.3) is 0 Å². The lowest BCUT2D eigenvalue weighted by Crippen LogP contribution is -2.35. The maximum absolute atomic E-state index is 12.3. The number of carbonyl (C=O) groups is 3. The van der Waals surface area contributed by atoms with Gasteiger partial charge in [0.2, 0.25) is 17.7 Å². The van der Waals surface area contributed by atoms with Crippen molar-refractivity contribution in [2.24, 2.45) is 11.8 Å². The van der Waals surface area contributed by atoms with Gasteiger partial charge in [-0.3, -0.25) is 19.3 Å². The Balaban J connectivity index is 1.44. The molecule has 3 rings (SSSR count). The fraction of sp³-hybridized carbons (Fsp3) is 0.421. The summed E-state index contributed by atoms with van der Waals surface area (Å²) in [5.74, 6) is -0.982. The van der Waals surface area contributed by atoms with Crippen LogP contribution >= 0.6 is 23.2 Å². The third-order valence-electron chi connectivity index (χ3n) is 4.89. The Labute approximate surface area is 162 Å². The topological polar surface area (TPSA) is 66.5 Å². The smallest absolute Gasteiger partial charge is 0.233 e. The van der Waals surface area contributed by atoms with Gasteiger partial charge in [-0.25, -0.2) is 0 Å². The predicted molar refractivity (Wildman–Crippen MR) is 99.9 cm³/mol. The van der Waals surface area contributed by atoms with Crippen LogP contribution in [0.1, 0.15) is 24.8 Å². The van der Waals surface area contributed by atoms with Crippen LogP contribution in [0.2, 0.25) is 10.0 Å². The Hall–Kier alpha value is -1.85. The van der Waals surface area contributed by atoms with Crippen molar-refractivity contribution in [2.75, 3.05) is 13.1 Å². The van der Waals surface area contributed by atoms with Crippen LogP contribution in [0.5, 0.6) is 0 Å². The average Bonchev–Trinajstić information content (AvgIpc) is 2.86. The Kier molecular flexibility index (Phi) is 5.99. The van der Waals surface area contributed by atoms with E-state index in [1.807, 2.05) is 18.2 Å². The number of hydrogen-bond acceptors (Lipinski definition) is 3. The zero-order valence-electron chi connectivity index (χ0n) is 14.2. The van der Waals surface area contributed by atoms with E-state index in [2.05, 4.69) is 5.32 Å². The van der Waals surface area contributed by atoms with E-state index < -0.39 is 0 Å². The highest BCUT2D eigenvalue weighted by molar-refractivity contribution is 6.35. The van der Waals surface area contributed by atoms with Crippen molar-refractivity contribution in [1.29, 1.82) is 0 Å². The molecule has 138 valence electrons. The summed E-state index contributed by atoms with van der Waals surface area (Å²) >= 11 is 12.0. The Bertz CT molecular complexity index is 737. The molecule has 1 aromatic carbocycles. The van der Waals surface area contributed by atoms with Gasteiger partial charge in [0.15, 0.2) is 0 Å². The van der Waals surface area contributed by atoms with E-state index >= 15 is 0 Å². The standard InChI is InChI=1S/C19H20Cl2N2O3/c20-13-6-5-12(16(21)11-13)7-9-22-17(24)8-10-23-18(25)14-3-1-2-4-15(14)19(23)26/h1-2,5-6,11,14-15H,3-4,7-10H2,(H,22,24). The molecule has 5 nitrogen and oxygen atoms in total. The summed E-state index contributed by atoms with van der Waals surface area (Å²) in [6, 6.07) is 5.25. The van der Waals surface area contributed by atoms with Crippen molar-refractivity contribution < 1.29 is 14.4 Å². The molecule has 0 radical (unpaired) electrons. The highest BCUT2D eigenvalue weighted by Crippen LogP contribution is 2.34. The fourth-order valence-corrected chi connectivity index (χ4v) is 3.96. The Morgan fingerprint density at radius 3 is 2.38 bits per heavy atom. The molecule has 0 bridgehead atoms. The number of imide groups is 1. The normalized spacial score (nSPS) is 21.8. The zero-order chi connectivity index (χ0) is 18.7. The minimum atomic E-state index is -0.248. The molecule has 3 amide bonds. The number of fused-ring (bicyclic) bond motifs is 1. The average molecular weight is 395 g/mol. The Morgan fingerprint density at radius 1 is 1.12 bits per heavy atom. The molecule has 2 atom stereocenters. The second kappa shape index (κ2) is 8.23. The second-order valence-electron chi connectivity index (χ2n) is 6.57. The van der Waals surface area contributed by atoms with Crippen LogP contribution in [0.15, 0.2) is 30.4 Å². The van der Waals surface area contributed by atoms with Crippen LogP contribution in [-0.4, -0.2) is 35.7 Å². The molecule has 26 heavy (non-hydrogen) atoms. The number of hydrogen-bond donors (Lipinski definition) is 1. The van der Waals surface area contributed by atoms with Crippen molar-refractivity contribution >= 4 is 40.9 Å². The third-order valence-corrected chi connectivity index (χ3v) is 5.48. The molecule has 1 saturated heterocycles. The summed E-state index contributed by atoms with van der Waals surface area (Å²) in [7, 11) is 0. The first-order valence-electron chi connectivity index (χ1n) is 8.68. The van der Waals surface area contributed by atoms with E-state index in [-0.39, 0.29) is 42.5 Å². The van der Waals surface area contributed by atoms with Crippen molar-refractivity contribution in [3.63, 3.8) is 0 Å². The van der Waals surface area contributed by atoms with Gasteiger partial charge in [-0.05, 0) is 37.0 Å². The largest absolute Gasteiger partial charge is 0.356 e. The van der Waals surface area contributed by atoms with E-state index in [1.165, 1.54) is 4.90 Å².